The molecule has 1 amide bonds. The molecule has 0 unspecified atom stereocenters. The third kappa shape index (κ3) is 6.96. The van der Waals surface area contributed by atoms with Crippen molar-refractivity contribution in [3.63, 3.8) is 0 Å². The number of benzene rings is 3. The number of halogens is 1. The van der Waals surface area contributed by atoms with Crippen LogP contribution in [0.25, 0.3) is 0 Å². The average molecular weight is 608 g/mol. The van der Waals surface area contributed by atoms with Gasteiger partial charge in [0.15, 0.2) is 0 Å². The summed E-state index contributed by atoms with van der Waals surface area (Å²) in [5.41, 5.74) is 0.168. The number of morpholine rings is 1. The number of nitrogens with zero attached hydrogens (tertiary/aromatic N) is 2. The highest BCUT2D eigenvalue weighted by molar-refractivity contribution is 7.92. The van der Waals surface area contributed by atoms with Crippen molar-refractivity contribution < 1.29 is 40.2 Å². The van der Waals surface area contributed by atoms with E-state index < -0.39 is 38.3 Å². The van der Waals surface area contributed by atoms with Gasteiger partial charge in [-0.05, 0) is 73.7 Å². The Morgan fingerprint density at radius 2 is 1.66 bits per heavy atom. The first kappa shape index (κ1) is 30.2. The minimum atomic E-state index is -4.28. The number of ether oxygens (including phenoxy) is 3. The Morgan fingerprint density at radius 3 is 2.27 bits per heavy atom. The van der Waals surface area contributed by atoms with Crippen molar-refractivity contribution in [2.45, 2.75) is 16.7 Å². The van der Waals surface area contributed by atoms with Crippen LogP contribution in [-0.4, -0.2) is 73.6 Å². The molecule has 0 aliphatic carbocycles. The van der Waals surface area contributed by atoms with Gasteiger partial charge in [0.05, 0.1) is 37.5 Å². The summed E-state index contributed by atoms with van der Waals surface area (Å²) in [5.74, 6) is -0.784. The summed E-state index contributed by atoms with van der Waals surface area (Å²) in [7, 11) is -6.93. The minimum absolute atomic E-state index is 0.0562. The van der Waals surface area contributed by atoms with E-state index in [0.717, 1.165) is 16.4 Å². The highest BCUT2D eigenvalue weighted by Crippen LogP contribution is 2.31. The fraction of sp³-hybridized carbons (Fsp3) is 0.296. The number of sulfonamides is 2. The molecule has 1 N–H and O–H groups in total. The number of carbonyl (C=O) groups is 1. The minimum Gasteiger partial charge on any atom is -0.495 e. The van der Waals surface area contributed by atoms with Crippen LogP contribution in [0.5, 0.6) is 11.5 Å². The highest BCUT2D eigenvalue weighted by Gasteiger charge is 2.31. The molecule has 0 aromatic heterocycles. The van der Waals surface area contributed by atoms with Crippen LogP contribution < -0.4 is 19.1 Å². The summed E-state index contributed by atoms with van der Waals surface area (Å²) in [6, 6.07) is 14.4. The van der Waals surface area contributed by atoms with Gasteiger partial charge in [0.2, 0.25) is 15.9 Å². The lowest BCUT2D eigenvalue weighted by Crippen LogP contribution is -2.40. The molecule has 0 saturated carbocycles. The smallest absolute Gasteiger partial charge is 0.264 e. The Balaban J connectivity index is 1.62. The van der Waals surface area contributed by atoms with Gasteiger partial charge in [0, 0.05) is 18.8 Å². The number of hydrogen-bond acceptors (Lipinski definition) is 8. The maximum Gasteiger partial charge on any atom is 0.264 e. The van der Waals surface area contributed by atoms with E-state index in [1.54, 1.807) is 6.92 Å². The number of rotatable bonds is 11. The summed E-state index contributed by atoms with van der Waals surface area (Å²) in [4.78, 5) is 12.9. The van der Waals surface area contributed by atoms with Crippen molar-refractivity contribution in [1.29, 1.82) is 0 Å². The van der Waals surface area contributed by atoms with Crippen LogP contribution in [0.3, 0.4) is 0 Å². The Labute approximate surface area is 238 Å². The SMILES string of the molecule is CCOc1ccc(S(=O)(=O)N(CC(=O)Nc2ccc(OC)c(S(=O)(=O)N3CCOCC3)c2)c2ccc(F)cc2)cc1. The molecule has 3 aromatic carbocycles. The molecule has 14 heteroatoms. The normalized spacial score (nSPS) is 14.3. The Morgan fingerprint density at radius 1 is 1.00 bits per heavy atom. The van der Waals surface area contributed by atoms with Crippen LogP contribution >= 0.6 is 0 Å². The standard InChI is InChI=1S/C27H30FN3O8S2/c1-3-39-23-9-11-24(12-10-23)40(33,34)31(22-7-4-20(28)5-8-22)19-27(32)29-21-6-13-25(37-2)26(18-21)41(35,36)30-14-16-38-17-15-30/h4-13,18H,3,14-17,19H2,1-2H3,(H,29,32). The largest absolute Gasteiger partial charge is 0.495 e. The molecule has 3 aromatic rings. The molecule has 1 fully saturated rings. The quantitative estimate of drug-likeness (QED) is 0.352. The van der Waals surface area contributed by atoms with E-state index in [0.29, 0.717) is 12.4 Å². The molecule has 0 spiro atoms. The molecule has 1 aliphatic rings. The van der Waals surface area contributed by atoms with Gasteiger partial charge < -0.3 is 19.5 Å². The van der Waals surface area contributed by atoms with Crippen molar-refractivity contribution in [3.8, 4) is 11.5 Å². The molecule has 1 heterocycles. The predicted molar refractivity (Wildman–Crippen MR) is 150 cm³/mol. The Bertz CT molecular complexity index is 1580. The summed E-state index contributed by atoms with van der Waals surface area (Å²) in [5, 5.41) is 2.57. The summed E-state index contributed by atoms with van der Waals surface area (Å²) < 4.78 is 85.5. The van der Waals surface area contributed by atoms with Gasteiger partial charge in [-0.25, -0.2) is 21.2 Å². The van der Waals surface area contributed by atoms with E-state index in [2.05, 4.69) is 5.32 Å². The third-order valence-electron chi connectivity index (χ3n) is 6.16. The highest BCUT2D eigenvalue weighted by atomic mass is 32.2. The fourth-order valence-corrected chi connectivity index (χ4v) is 7.15. The van der Waals surface area contributed by atoms with Crippen LogP contribution in [0, 0.1) is 5.82 Å². The molecule has 1 saturated heterocycles. The second-order valence-electron chi connectivity index (χ2n) is 8.82. The second-order valence-corrected chi connectivity index (χ2v) is 12.6. The maximum absolute atomic E-state index is 13.6. The van der Waals surface area contributed by atoms with Crippen LogP contribution in [0.4, 0.5) is 15.8 Å². The van der Waals surface area contributed by atoms with Crippen molar-refractivity contribution in [2.75, 3.05) is 56.2 Å². The molecule has 41 heavy (non-hydrogen) atoms. The van der Waals surface area contributed by atoms with E-state index in [-0.39, 0.29) is 53.2 Å². The first-order chi connectivity index (χ1) is 19.6. The van der Waals surface area contributed by atoms with Crippen molar-refractivity contribution in [1.82, 2.24) is 4.31 Å². The lowest BCUT2D eigenvalue weighted by atomic mass is 10.3. The molecule has 0 radical (unpaired) electrons. The number of amides is 1. The lowest BCUT2D eigenvalue weighted by Gasteiger charge is -2.27. The van der Waals surface area contributed by atoms with Crippen LogP contribution in [0.15, 0.2) is 76.5 Å². The zero-order chi connectivity index (χ0) is 29.6. The van der Waals surface area contributed by atoms with Crippen LogP contribution in [0.2, 0.25) is 0 Å². The number of anilines is 2. The number of carbonyl (C=O) groups excluding carboxylic acids is 1. The fourth-order valence-electron chi connectivity index (χ4n) is 4.14. The Kier molecular flexibility index (Phi) is 9.48. The maximum atomic E-state index is 13.6. The van der Waals surface area contributed by atoms with Crippen molar-refractivity contribution in [3.05, 3.63) is 72.5 Å². The summed E-state index contributed by atoms with van der Waals surface area (Å²) >= 11 is 0. The topological polar surface area (TPSA) is 132 Å². The van der Waals surface area contributed by atoms with Crippen molar-refractivity contribution in [2.24, 2.45) is 0 Å². The van der Waals surface area contributed by atoms with Gasteiger partial charge in [-0.2, -0.15) is 4.31 Å². The molecule has 220 valence electrons. The third-order valence-corrected chi connectivity index (χ3v) is 9.87. The molecular formula is C27H30FN3O8S2. The zero-order valence-electron chi connectivity index (χ0n) is 22.4. The summed E-state index contributed by atoms with van der Waals surface area (Å²) in [6.45, 7) is 2.34. The van der Waals surface area contributed by atoms with Crippen LogP contribution in [0.1, 0.15) is 6.92 Å². The first-order valence-corrected chi connectivity index (χ1v) is 15.5. The van der Waals surface area contributed by atoms with Gasteiger partial charge in [-0.15, -0.1) is 0 Å². The van der Waals surface area contributed by atoms with E-state index in [9.17, 15) is 26.0 Å². The average Bonchev–Trinajstić information content (AvgIpc) is 2.97. The summed E-state index contributed by atoms with van der Waals surface area (Å²) in [6.07, 6.45) is 0. The van der Waals surface area contributed by atoms with Gasteiger partial charge in [-0.1, -0.05) is 0 Å². The number of nitrogens with one attached hydrogen (secondary N) is 1. The van der Waals surface area contributed by atoms with Gasteiger partial charge in [0.25, 0.3) is 10.0 Å². The molecule has 0 atom stereocenters. The Hall–Kier alpha value is -3.72. The lowest BCUT2D eigenvalue weighted by molar-refractivity contribution is -0.114. The molecule has 11 nitrogen and oxygen atoms in total. The van der Waals surface area contributed by atoms with Gasteiger partial charge in [0.1, 0.15) is 28.8 Å². The van der Waals surface area contributed by atoms with Crippen molar-refractivity contribution >= 4 is 37.3 Å². The molecular weight excluding hydrogens is 577 g/mol. The second kappa shape index (κ2) is 12.9. The van der Waals surface area contributed by atoms with Gasteiger partial charge >= 0.3 is 0 Å². The number of hydrogen-bond donors (Lipinski definition) is 1. The van der Waals surface area contributed by atoms with Crippen LogP contribution in [-0.2, 0) is 29.6 Å². The van der Waals surface area contributed by atoms with E-state index in [1.807, 2.05) is 0 Å². The van der Waals surface area contributed by atoms with Gasteiger partial charge in [-0.3, -0.25) is 9.10 Å². The molecule has 0 bridgehead atoms. The van der Waals surface area contributed by atoms with E-state index in [1.165, 1.54) is 66.0 Å². The first-order valence-electron chi connectivity index (χ1n) is 12.6. The van der Waals surface area contributed by atoms with E-state index in [4.69, 9.17) is 14.2 Å². The zero-order valence-corrected chi connectivity index (χ0v) is 24.1. The molecule has 1 aliphatic heterocycles. The monoisotopic (exact) mass is 607 g/mol. The predicted octanol–water partition coefficient (Wildman–Crippen LogP) is 3.09. The molecule has 4 rings (SSSR count). The van der Waals surface area contributed by atoms with E-state index >= 15 is 0 Å². The number of methoxy groups -OCH3 is 1.